The van der Waals surface area contributed by atoms with Crippen LogP contribution in [0.4, 0.5) is 0 Å². The lowest BCUT2D eigenvalue weighted by Crippen LogP contribution is -2.47. The molecule has 0 bridgehead atoms. The normalized spacial score (nSPS) is 29.6. The van der Waals surface area contributed by atoms with E-state index in [1.54, 1.807) is 0 Å². The molecule has 2 unspecified atom stereocenters. The van der Waals surface area contributed by atoms with Crippen LogP contribution in [0.1, 0.15) is 53.4 Å². The van der Waals surface area contributed by atoms with E-state index in [1.165, 1.54) is 56.3 Å². The van der Waals surface area contributed by atoms with Crippen molar-refractivity contribution in [1.82, 2.24) is 0 Å². The van der Waals surface area contributed by atoms with E-state index in [0.29, 0.717) is 0 Å². The van der Waals surface area contributed by atoms with Gasteiger partial charge in [-0.05, 0) is 25.7 Å². The highest BCUT2D eigenvalue weighted by Gasteiger charge is 2.42. The van der Waals surface area contributed by atoms with Crippen molar-refractivity contribution >= 4 is 0 Å². The van der Waals surface area contributed by atoms with Gasteiger partial charge < -0.3 is 4.48 Å². The van der Waals surface area contributed by atoms with E-state index in [9.17, 15) is 0 Å². The van der Waals surface area contributed by atoms with Crippen LogP contribution in [0.25, 0.3) is 0 Å². The van der Waals surface area contributed by atoms with E-state index in [4.69, 9.17) is 0 Å². The topological polar surface area (TPSA) is 0 Å². The molecule has 1 heterocycles. The molecule has 1 fully saturated rings. The Kier molecular flexibility index (Phi) is 5.11. The van der Waals surface area contributed by atoms with Crippen LogP contribution >= 0.6 is 0 Å². The lowest BCUT2D eigenvalue weighted by molar-refractivity contribution is -0.919. The predicted molar refractivity (Wildman–Crippen MR) is 67.9 cm³/mol. The summed E-state index contributed by atoms with van der Waals surface area (Å²) in [5.74, 6) is 2.01. The zero-order chi connectivity index (χ0) is 11.3. The standard InChI is InChI=1S/C14H30N/c1-5-9-15(10-6-2)11-13(7-3)14(8-4)12-15/h13-14H,5-12H2,1-4H3/q+1. The minimum absolute atomic E-state index is 1.01. The van der Waals surface area contributed by atoms with Crippen molar-refractivity contribution in [2.75, 3.05) is 26.2 Å². The Morgan fingerprint density at radius 1 is 0.800 bits per heavy atom. The van der Waals surface area contributed by atoms with Gasteiger partial charge in [0.2, 0.25) is 0 Å². The van der Waals surface area contributed by atoms with E-state index in [-0.39, 0.29) is 0 Å². The van der Waals surface area contributed by atoms with Gasteiger partial charge in [0, 0.05) is 11.8 Å². The number of hydrogen-bond donors (Lipinski definition) is 0. The maximum atomic E-state index is 2.38. The number of likely N-dealkylation sites (tertiary alicyclic amines) is 1. The molecule has 1 rings (SSSR count). The average Bonchev–Trinajstić information content (AvgIpc) is 2.57. The van der Waals surface area contributed by atoms with Crippen LogP contribution < -0.4 is 0 Å². The number of rotatable bonds is 6. The fraction of sp³-hybridized carbons (Fsp3) is 1.00. The zero-order valence-corrected chi connectivity index (χ0v) is 11.3. The van der Waals surface area contributed by atoms with Gasteiger partial charge in [-0.3, -0.25) is 0 Å². The Bertz CT molecular complexity index is 156. The number of nitrogens with zero attached hydrogens (tertiary/aromatic N) is 1. The van der Waals surface area contributed by atoms with Gasteiger partial charge in [-0.1, -0.05) is 27.7 Å². The Hall–Kier alpha value is -0.0400. The maximum Gasteiger partial charge on any atom is 0.0820 e. The van der Waals surface area contributed by atoms with Crippen LogP contribution in [0.5, 0.6) is 0 Å². The molecule has 0 aromatic rings. The van der Waals surface area contributed by atoms with E-state index >= 15 is 0 Å². The van der Waals surface area contributed by atoms with Crippen LogP contribution in [0, 0.1) is 11.8 Å². The molecule has 0 aromatic carbocycles. The Balaban J connectivity index is 2.66. The quantitative estimate of drug-likeness (QED) is 0.589. The molecule has 0 saturated carbocycles. The minimum atomic E-state index is 1.01. The molecule has 0 aliphatic carbocycles. The minimum Gasteiger partial charge on any atom is -0.323 e. The molecule has 15 heavy (non-hydrogen) atoms. The molecule has 1 saturated heterocycles. The third-order valence-electron chi connectivity index (χ3n) is 4.35. The molecule has 0 amide bonds. The maximum absolute atomic E-state index is 2.38. The van der Waals surface area contributed by atoms with E-state index in [1.807, 2.05) is 0 Å². The smallest absolute Gasteiger partial charge is 0.0820 e. The molecule has 0 aromatic heterocycles. The van der Waals surface area contributed by atoms with Crippen LogP contribution in [-0.4, -0.2) is 30.7 Å². The summed E-state index contributed by atoms with van der Waals surface area (Å²) in [6, 6.07) is 0. The molecular formula is C14H30N+. The van der Waals surface area contributed by atoms with E-state index < -0.39 is 0 Å². The van der Waals surface area contributed by atoms with Crippen molar-refractivity contribution < 1.29 is 4.48 Å². The Morgan fingerprint density at radius 2 is 1.20 bits per heavy atom. The van der Waals surface area contributed by atoms with Gasteiger partial charge in [-0.25, -0.2) is 0 Å². The molecular weight excluding hydrogens is 182 g/mol. The molecule has 1 aliphatic rings. The van der Waals surface area contributed by atoms with E-state index in [2.05, 4.69) is 27.7 Å². The first-order chi connectivity index (χ1) is 7.21. The summed E-state index contributed by atoms with van der Waals surface area (Å²) in [5.41, 5.74) is 0. The van der Waals surface area contributed by atoms with Gasteiger partial charge in [-0.15, -0.1) is 0 Å². The lowest BCUT2D eigenvalue weighted by atomic mass is 9.92. The Labute approximate surface area is 96.4 Å². The first kappa shape index (κ1) is 13.0. The molecule has 0 spiro atoms. The number of hydrogen-bond acceptors (Lipinski definition) is 0. The van der Waals surface area contributed by atoms with Gasteiger partial charge in [-0.2, -0.15) is 0 Å². The van der Waals surface area contributed by atoms with Crippen molar-refractivity contribution in [1.29, 1.82) is 0 Å². The van der Waals surface area contributed by atoms with Gasteiger partial charge in [0.15, 0.2) is 0 Å². The molecule has 2 atom stereocenters. The fourth-order valence-corrected chi connectivity index (χ4v) is 3.72. The third kappa shape index (κ3) is 2.96. The largest absolute Gasteiger partial charge is 0.323 e. The second-order valence-electron chi connectivity index (χ2n) is 5.49. The summed E-state index contributed by atoms with van der Waals surface area (Å²) in [4.78, 5) is 0. The van der Waals surface area contributed by atoms with Crippen molar-refractivity contribution in [3.05, 3.63) is 0 Å². The zero-order valence-electron chi connectivity index (χ0n) is 11.3. The van der Waals surface area contributed by atoms with Crippen molar-refractivity contribution in [3.8, 4) is 0 Å². The highest BCUT2D eigenvalue weighted by atomic mass is 15.4. The summed E-state index contributed by atoms with van der Waals surface area (Å²) >= 11 is 0. The van der Waals surface area contributed by atoms with Crippen LogP contribution in [-0.2, 0) is 0 Å². The first-order valence-electron chi connectivity index (χ1n) is 7.06. The highest BCUT2D eigenvalue weighted by Crippen LogP contribution is 2.34. The van der Waals surface area contributed by atoms with E-state index in [0.717, 1.165) is 11.8 Å². The molecule has 0 radical (unpaired) electrons. The summed E-state index contributed by atoms with van der Waals surface area (Å²) < 4.78 is 1.43. The Morgan fingerprint density at radius 3 is 1.47 bits per heavy atom. The third-order valence-corrected chi connectivity index (χ3v) is 4.35. The summed E-state index contributed by atoms with van der Waals surface area (Å²) in [6.07, 6.45) is 5.50. The predicted octanol–water partition coefficient (Wildman–Crippen LogP) is 3.69. The van der Waals surface area contributed by atoms with Gasteiger partial charge in [0.25, 0.3) is 0 Å². The highest BCUT2D eigenvalue weighted by molar-refractivity contribution is 4.75. The SMILES string of the molecule is CCC[N+]1(CCC)CC(CC)C(CC)C1. The van der Waals surface area contributed by atoms with Crippen LogP contribution in [0.2, 0.25) is 0 Å². The van der Waals surface area contributed by atoms with Crippen molar-refractivity contribution in [3.63, 3.8) is 0 Å². The monoisotopic (exact) mass is 212 g/mol. The second-order valence-corrected chi connectivity index (χ2v) is 5.49. The summed E-state index contributed by atoms with van der Waals surface area (Å²) in [6.45, 7) is 15.2. The number of quaternary nitrogens is 1. The fourth-order valence-electron chi connectivity index (χ4n) is 3.72. The molecule has 0 N–H and O–H groups in total. The summed E-state index contributed by atoms with van der Waals surface area (Å²) in [5, 5.41) is 0. The first-order valence-corrected chi connectivity index (χ1v) is 7.06. The molecule has 90 valence electrons. The molecule has 1 heteroatoms. The van der Waals surface area contributed by atoms with Gasteiger partial charge in [0.05, 0.1) is 26.2 Å². The second kappa shape index (κ2) is 5.89. The van der Waals surface area contributed by atoms with Crippen LogP contribution in [0.15, 0.2) is 0 Å². The van der Waals surface area contributed by atoms with Crippen molar-refractivity contribution in [2.45, 2.75) is 53.4 Å². The van der Waals surface area contributed by atoms with Gasteiger partial charge >= 0.3 is 0 Å². The molecule has 1 aliphatic heterocycles. The summed E-state index contributed by atoms with van der Waals surface area (Å²) in [7, 11) is 0. The van der Waals surface area contributed by atoms with Crippen LogP contribution in [0.3, 0.4) is 0 Å². The van der Waals surface area contributed by atoms with Crippen molar-refractivity contribution in [2.24, 2.45) is 11.8 Å². The molecule has 1 nitrogen and oxygen atoms in total. The average molecular weight is 212 g/mol. The lowest BCUT2D eigenvalue weighted by Gasteiger charge is -2.34. The van der Waals surface area contributed by atoms with Gasteiger partial charge in [0.1, 0.15) is 0 Å².